The maximum Gasteiger partial charge on any atom is 0.331 e. The number of esters is 1. The van der Waals surface area contributed by atoms with Crippen LogP contribution in [0.1, 0.15) is 12.0 Å². The van der Waals surface area contributed by atoms with Gasteiger partial charge in [0.2, 0.25) is 0 Å². The number of carbonyl (C=O) groups is 2. The molecule has 0 bridgehead atoms. The fourth-order valence-electron chi connectivity index (χ4n) is 2.35. The second kappa shape index (κ2) is 7.82. The summed E-state index contributed by atoms with van der Waals surface area (Å²) >= 11 is 0. The molecule has 3 unspecified atom stereocenters. The summed E-state index contributed by atoms with van der Waals surface area (Å²) in [7, 11) is 1.39. The number of aromatic hydroxyl groups is 1. The zero-order valence-corrected chi connectivity index (χ0v) is 13.3. The van der Waals surface area contributed by atoms with Crippen LogP contribution in [0.25, 0.3) is 6.08 Å². The van der Waals surface area contributed by atoms with Crippen molar-refractivity contribution >= 4 is 18.0 Å². The molecule has 1 aliphatic rings. The van der Waals surface area contributed by atoms with Gasteiger partial charge >= 0.3 is 11.9 Å². The van der Waals surface area contributed by atoms with Gasteiger partial charge in [-0.3, -0.25) is 0 Å². The third kappa shape index (κ3) is 4.59. The molecule has 25 heavy (non-hydrogen) atoms. The largest absolute Gasteiger partial charge is 0.504 e. The van der Waals surface area contributed by atoms with Crippen LogP contribution >= 0.6 is 0 Å². The van der Waals surface area contributed by atoms with Gasteiger partial charge in [-0.25, -0.2) is 9.59 Å². The van der Waals surface area contributed by atoms with Crippen molar-refractivity contribution in [1.29, 1.82) is 0 Å². The monoisotopic (exact) mass is 350 g/mol. The number of carbonyl (C=O) groups excluding carboxylic acids is 1. The molecular weight excluding hydrogens is 332 g/mol. The second-order valence-corrected chi connectivity index (χ2v) is 5.42. The highest BCUT2D eigenvalue weighted by Gasteiger charge is 2.35. The van der Waals surface area contributed by atoms with Crippen LogP contribution in [0.2, 0.25) is 0 Å². The molecule has 0 amide bonds. The fourth-order valence-corrected chi connectivity index (χ4v) is 2.35. The summed E-state index contributed by atoms with van der Waals surface area (Å²) in [6.45, 7) is 0. The Morgan fingerprint density at radius 1 is 1.28 bits per heavy atom. The van der Waals surface area contributed by atoms with E-state index in [1.54, 1.807) is 6.07 Å². The van der Waals surface area contributed by atoms with E-state index in [4.69, 9.17) is 14.6 Å². The Balaban J connectivity index is 2.04. The molecule has 1 aromatic rings. The number of ether oxygens (including phenoxy) is 2. The first-order chi connectivity index (χ1) is 11.8. The fraction of sp³-hybridized carbons (Fsp3) is 0.294. The van der Waals surface area contributed by atoms with Gasteiger partial charge in [0.1, 0.15) is 18.3 Å². The van der Waals surface area contributed by atoms with E-state index < -0.39 is 30.3 Å². The zero-order valence-electron chi connectivity index (χ0n) is 13.3. The summed E-state index contributed by atoms with van der Waals surface area (Å²) in [5, 5.41) is 37.9. The molecule has 0 radical (unpaired) electrons. The van der Waals surface area contributed by atoms with Crippen LogP contribution in [0.3, 0.4) is 0 Å². The van der Waals surface area contributed by atoms with Crippen LogP contribution in [0.5, 0.6) is 11.5 Å². The molecule has 1 aliphatic carbocycles. The predicted molar refractivity (Wildman–Crippen MR) is 85.9 cm³/mol. The number of aliphatic hydroxyl groups excluding tert-OH is 2. The molecule has 0 aromatic heterocycles. The van der Waals surface area contributed by atoms with Gasteiger partial charge in [-0.15, -0.1) is 0 Å². The Morgan fingerprint density at radius 2 is 2.00 bits per heavy atom. The van der Waals surface area contributed by atoms with Gasteiger partial charge in [0.25, 0.3) is 0 Å². The molecule has 2 rings (SSSR count). The number of methoxy groups -OCH3 is 1. The van der Waals surface area contributed by atoms with Crippen LogP contribution < -0.4 is 4.74 Å². The average molecular weight is 350 g/mol. The van der Waals surface area contributed by atoms with E-state index in [0.29, 0.717) is 5.56 Å². The Labute approximate surface area is 143 Å². The lowest BCUT2D eigenvalue weighted by atomic mass is 9.92. The van der Waals surface area contributed by atoms with Crippen LogP contribution in [0.4, 0.5) is 0 Å². The molecular formula is C17H18O8. The lowest BCUT2D eigenvalue weighted by Crippen LogP contribution is -2.43. The summed E-state index contributed by atoms with van der Waals surface area (Å²) < 4.78 is 9.99. The highest BCUT2D eigenvalue weighted by molar-refractivity contribution is 5.88. The van der Waals surface area contributed by atoms with Gasteiger partial charge in [0, 0.05) is 18.1 Å². The van der Waals surface area contributed by atoms with Gasteiger partial charge in [0.05, 0.1) is 7.11 Å². The van der Waals surface area contributed by atoms with Crippen LogP contribution in [0, 0.1) is 0 Å². The topological polar surface area (TPSA) is 134 Å². The number of rotatable bonds is 5. The first kappa shape index (κ1) is 18.5. The Kier molecular flexibility index (Phi) is 5.79. The number of benzene rings is 1. The van der Waals surface area contributed by atoms with Crippen molar-refractivity contribution in [3.05, 3.63) is 41.5 Å². The lowest BCUT2D eigenvalue weighted by Gasteiger charge is -2.29. The maximum absolute atomic E-state index is 11.9. The standard InChI is InChI=1S/C17H18O8/c1-24-13-6-9(2-4-11(13)18)3-5-15(20)25-14-8-10(17(22)23)7-12(19)16(14)21/h2-7,12,14,16,18-19,21H,8H2,1H3,(H,22,23)/b5-3+. The van der Waals surface area contributed by atoms with E-state index in [1.807, 2.05) is 0 Å². The molecule has 8 heteroatoms. The summed E-state index contributed by atoms with van der Waals surface area (Å²) in [5.74, 6) is -1.87. The van der Waals surface area contributed by atoms with Crippen molar-refractivity contribution in [3.63, 3.8) is 0 Å². The predicted octanol–water partition coefficient (Wildman–Crippen LogP) is 0.462. The summed E-state index contributed by atoms with van der Waals surface area (Å²) in [6, 6.07) is 4.45. The molecule has 0 saturated carbocycles. The van der Waals surface area contributed by atoms with Gasteiger partial charge in [-0.1, -0.05) is 6.07 Å². The van der Waals surface area contributed by atoms with Crippen molar-refractivity contribution in [2.45, 2.75) is 24.7 Å². The van der Waals surface area contributed by atoms with Crippen LogP contribution in [-0.2, 0) is 14.3 Å². The molecule has 0 fully saturated rings. The molecule has 3 atom stereocenters. The summed E-state index contributed by atoms with van der Waals surface area (Å²) in [5.41, 5.74) is 0.421. The SMILES string of the molecule is COc1cc(/C=C/C(=O)OC2CC(C(=O)O)=CC(O)C2O)ccc1O. The average Bonchev–Trinajstić information content (AvgIpc) is 2.57. The number of hydrogen-bond acceptors (Lipinski definition) is 7. The van der Waals surface area contributed by atoms with E-state index in [-0.39, 0.29) is 23.5 Å². The van der Waals surface area contributed by atoms with Gasteiger partial charge in [-0.2, -0.15) is 0 Å². The van der Waals surface area contributed by atoms with Gasteiger partial charge < -0.3 is 29.9 Å². The van der Waals surface area contributed by atoms with E-state index in [0.717, 1.165) is 12.2 Å². The molecule has 0 spiro atoms. The minimum absolute atomic E-state index is 0.0467. The molecule has 134 valence electrons. The highest BCUT2D eigenvalue weighted by atomic mass is 16.6. The smallest absolute Gasteiger partial charge is 0.331 e. The molecule has 0 saturated heterocycles. The van der Waals surface area contributed by atoms with E-state index in [9.17, 15) is 24.9 Å². The highest BCUT2D eigenvalue weighted by Crippen LogP contribution is 2.27. The van der Waals surface area contributed by atoms with Crippen molar-refractivity contribution in [3.8, 4) is 11.5 Å². The van der Waals surface area contributed by atoms with Crippen molar-refractivity contribution in [2.75, 3.05) is 7.11 Å². The quantitative estimate of drug-likeness (QED) is 0.445. The minimum atomic E-state index is -1.43. The Hall–Kier alpha value is -2.84. The lowest BCUT2D eigenvalue weighted by molar-refractivity contribution is -0.154. The van der Waals surface area contributed by atoms with E-state index >= 15 is 0 Å². The summed E-state index contributed by atoms with van der Waals surface area (Å²) in [6.07, 6.45) is -0.696. The number of aliphatic carboxylic acids is 1. The van der Waals surface area contributed by atoms with E-state index in [2.05, 4.69) is 0 Å². The number of hydrogen-bond donors (Lipinski definition) is 4. The summed E-state index contributed by atoms with van der Waals surface area (Å²) in [4.78, 5) is 22.9. The molecule has 0 heterocycles. The molecule has 4 N–H and O–H groups in total. The number of aliphatic hydroxyl groups is 2. The number of phenolic OH excluding ortho intramolecular Hbond substituents is 1. The molecule has 8 nitrogen and oxygen atoms in total. The minimum Gasteiger partial charge on any atom is -0.504 e. The Bertz CT molecular complexity index is 721. The molecule has 1 aromatic carbocycles. The first-order valence-electron chi connectivity index (χ1n) is 7.37. The van der Waals surface area contributed by atoms with Crippen LogP contribution in [-0.4, -0.2) is 57.8 Å². The third-order valence-corrected chi connectivity index (χ3v) is 3.68. The number of phenols is 1. The Morgan fingerprint density at radius 3 is 2.64 bits per heavy atom. The van der Waals surface area contributed by atoms with E-state index in [1.165, 1.54) is 25.3 Å². The van der Waals surface area contributed by atoms with Crippen LogP contribution in [0.15, 0.2) is 35.9 Å². The van der Waals surface area contributed by atoms with Crippen molar-refractivity contribution in [2.24, 2.45) is 0 Å². The van der Waals surface area contributed by atoms with Crippen molar-refractivity contribution in [1.82, 2.24) is 0 Å². The van der Waals surface area contributed by atoms with Crippen molar-refractivity contribution < 1.29 is 39.5 Å². The van der Waals surface area contributed by atoms with Gasteiger partial charge in [-0.05, 0) is 29.8 Å². The normalized spacial score (nSPS) is 23.2. The second-order valence-electron chi connectivity index (χ2n) is 5.42. The molecule has 0 aliphatic heterocycles. The number of carboxylic acid groups (broad SMARTS) is 1. The van der Waals surface area contributed by atoms with Gasteiger partial charge in [0.15, 0.2) is 11.5 Å². The first-order valence-corrected chi connectivity index (χ1v) is 7.37. The zero-order chi connectivity index (χ0) is 18.6. The maximum atomic E-state index is 11.9. The third-order valence-electron chi connectivity index (χ3n) is 3.68. The number of carboxylic acids is 1.